The van der Waals surface area contributed by atoms with Crippen molar-refractivity contribution in [2.45, 2.75) is 43.6 Å². The van der Waals surface area contributed by atoms with Gasteiger partial charge >= 0.3 is 0 Å². The number of alkyl halides is 1. The van der Waals surface area contributed by atoms with Crippen molar-refractivity contribution >= 4 is 11.3 Å². The summed E-state index contributed by atoms with van der Waals surface area (Å²) in [6.07, 6.45) is -7.92. The zero-order valence-electron chi connectivity index (χ0n) is 17.2. The van der Waals surface area contributed by atoms with Gasteiger partial charge in [-0.05, 0) is 59.5 Å². The van der Waals surface area contributed by atoms with Crippen LogP contribution in [0.4, 0.5) is 8.78 Å². The molecule has 8 heteroatoms. The zero-order valence-corrected chi connectivity index (χ0v) is 18.0. The molecule has 4 N–H and O–H groups in total. The Bertz CT molecular complexity index is 1070. The highest BCUT2D eigenvalue weighted by atomic mass is 32.1. The molecule has 4 rings (SSSR count). The smallest absolute Gasteiger partial charge is 0.160 e. The third-order valence-corrected chi connectivity index (χ3v) is 6.97. The van der Waals surface area contributed by atoms with Gasteiger partial charge in [-0.15, -0.1) is 11.3 Å². The lowest BCUT2D eigenvalue weighted by molar-refractivity contribution is -0.231. The van der Waals surface area contributed by atoms with Crippen LogP contribution in [0.2, 0.25) is 0 Å². The fourth-order valence-corrected chi connectivity index (χ4v) is 4.91. The van der Waals surface area contributed by atoms with E-state index in [4.69, 9.17) is 4.74 Å². The van der Waals surface area contributed by atoms with Gasteiger partial charge < -0.3 is 25.2 Å². The second-order valence-corrected chi connectivity index (χ2v) is 9.05. The first-order valence-electron chi connectivity index (χ1n) is 10.2. The van der Waals surface area contributed by atoms with Crippen molar-refractivity contribution in [2.24, 2.45) is 0 Å². The summed E-state index contributed by atoms with van der Waals surface area (Å²) in [4.78, 5) is 1.28. The van der Waals surface area contributed by atoms with Crippen molar-refractivity contribution in [1.82, 2.24) is 0 Å². The maximum atomic E-state index is 15.6. The molecule has 5 nitrogen and oxygen atoms in total. The summed E-state index contributed by atoms with van der Waals surface area (Å²) in [5.41, 5.74) is 2.30. The van der Waals surface area contributed by atoms with E-state index in [-0.39, 0.29) is 5.82 Å². The highest BCUT2D eigenvalue weighted by molar-refractivity contribution is 7.15. The first kappa shape index (κ1) is 23.0. The topological polar surface area (TPSA) is 90.2 Å². The van der Waals surface area contributed by atoms with Gasteiger partial charge in [-0.3, -0.25) is 0 Å². The Balaban J connectivity index is 1.62. The van der Waals surface area contributed by atoms with Gasteiger partial charge in [-0.1, -0.05) is 24.3 Å². The maximum absolute atomic E-state index is 15.6. The van der Waals surface area contributed by atoms with E-state index < -0.39 is 43.3 Å². The lowest BCUT2D eigenvalue weighted by Gasteiger charge is -2.40. The highest BCUT2D eigenvalue weighted by Crippen LogP contribution is 2.39. The Hall–Kier alpha value is -2.20. The molecule has 170 valence electrons. The van der Waals surface area contributed by atoms with Crippen LogP contribution in [-0.2, 0) is 4.74 Å². The van der Waals surface area contributed by atoms with E-state index in [1.54, 1.807) is 49.4 Å². The Kier molecular flexibility index (Phi) is 6.71. The van der Waals surface area contributed by atoms with Crippen LogP contribution in [0.3, 0.4) is 0 Å². The number of ether oxygens (including phenoxy) is 1. The third-order valence-electron chi connectivity index (χ3n) is 5.80. The average molecular weight is 463 g/mol. The molecule has 0 amide bonds. The first-order chi connectivity index (χ1) is 15.3. The molecular formula is C24H24F2O5S. The minimum absolute atomic E-state index is 0.338. The fraction of sp³-hybridized carbons (Fsp3) is 0.333. The molecule has 1 aliphatic heterocycles. The molecule has 1 unspecified atom stereocenters. The molecule has 0 saturated carbocycles. The van der Waals surface area contributed by atoms with E-state index >= 15 is 4.39 Å². The summed E-state index contributed by atoms with van der Waals surface area (Å²) in [6.45, 7) is 1.24. The SMILES string of the molecule is Cc1ccc([C@@H]2O[C@H](CO)[C@@H](O)[C@H](O)[C@H]2O)cc1C(F)c1ccc(-c2ccc(F)cc2)s1. The first-order valence-corrected chi connectivity index (χ1v) is 11.0. The zero-order chi connectivity index (χ0) is 23.0. The van der Waals surface area contributed by atoms with Crippen molar-refractivity contribution in [3.05, 3.63) is 82.0 Å². The Morgan fingerprint density at radius 3 is 2.38 bits per heavy atom. The largest absolute Gasteiger partial charge is 0.394 e. The molecule has 0 spiro atoms. The van der Waals surface area contributed by atoms with Crippen LogP contribution in [0.1, 0.15) is 33.8 Å². The molecule has 1 saturated heterocycles. The number of halogens is 2. The maximum Gasteiger partial charge on any atom is 0.160 e. The summed E-state index contributed by atoms with van der Waals surface area (Å²) >= 11 is 1.27. The van der Waals surface area contributed by atoms with E-state index in [9.17, 15) is 24.8 Å². The third kappa shape index (κ3) is 4.34. The van der Waals surface area contributed by atoms with E-state index in [0.29, 0.717) is 21.6 Å². The van der Waals surface area contributed by atoms with Crippen LogP contribution in [-0.4, -0.2) is 51.4 Å². The van der Waals surface area contributed by atoms with Crippen molar-refractivity contribution < 1.29 is 33.9 Å². The van der Waals surface area contributed by atoms with Gasteiger partial charge in [0.1, 0.15) is 36.3 Å². The number of aryl methyl sites for hydroxylation is 1. The standard InChI is InChI=1S/C24H24F2O5S/c1-12-2-3-14(24-23(30)22(29)21(28)17(11-27)31-24)10-16(12)20(26)19-9-8-18(32-19)13-4-6-15(25)7-5-13/h2-10,17,20-24,27-30H,11H2,1H3/t17-,20?,21-,22+,23-,24+/m1/s1. The molecule has 32 heavy (non-hydrogen) atoms. The monoisotopic (exact) mass is 462 g/mol. The van der Waals surface area contributed by atoms with Gasteiger partial charge in [-0.2, -0.15) is 0 Å². The number of rotatable bonds is 5. The van der Waals surface area contributed by atoms with E-state index in [1.807, 2.05) is 0 Å². The van der Waals surface area contributed by atoms with E-state index in [2.05, 4.69) is 0 Å². The summed E-state index contributed by atoms with van der Waals surface area (Å²) in [6, 6.07) is 14.4. The quantitative estimate of drug-likeness (QED) is 0.467. The number of hydrogen-bond donors (Lipinski definition) is 4. The molecule has 1 fully saturated rings. The van der Waals surface area contributed by atoms with Crippen LogP contribution >= 0.6 is 11.3 Å². The van der Waals surface area contributed by atoms with Gasteiger partial charge in [0, 0.05) is 9.75 Å². The number of aliphatic hydroxyl groups excluding tert-OH is 4. The second kappa shape index (κ2) is 9.35. The molecule has 2 aromatic carbocycles. The molecule has 3 aromatic rings. The molecule has 0 radical (unpaired) electrons. The molecule has 2 heterocycles. The fourth-order valence-electron chi connectivity index (χ4n) is 3.90. The molecular weight excluding hydrogens is 438 g/mol. The minimum atomic E-state index is -1.51. The lowest BCUT2D eigenvalue weighted by atomic mass is 9.89. The molecule has 1 aromatic heterocycles. The van der Waals surface area contributed by atoms with Gasteiger partial charge in [0.2, 0.25) is 0 Å². The number of hydrogen-bond acceptors (Lipinski definition) is 6. The van der Waals surface area contributed by atoms with Crippen LogP contribution in [0.25, 0.3) is 10.4 Å². The average Bonchev–Trinajstić information content (AvgIpc) is 3.29. The predicted molar refractivity (Wildman–Crippen MR) is 117 cm³/mol. The molecule has 6 atom stereocenters. The normalized spacial score (nSPS) is 26.8. The Morgan fingerprint density at radius 2 is 1.69 bits per heavy atom. The molecule has 0 bridgehead atoms. The summed E-state index contributed by atoms with van der Waals surface area (Å²) in [5.74, 6) is -0.338. The van der Waals surface area contributed by atoms with E-state index in [0.717, 1.165) is 10.4 Å². The second-order valence-electron chi connectivity index (χ2n) is 7.94. The Labute approximate surface area is 188 Å². The van der Waals surface area contributed by atoms with E-state index in [1.165, 1.54) is 23.5 Å². The summed E-state index contributed by atoms with van der Waals surface area (Å²) in [7, 11) is 0. The van der Waals surface area contributed by atoms with Crippen LogP contribution in [0.15, 0.2) is 54.6 Å². The van der Waals surface area contributed by atoms with Crippen molar-refractivity contribution in [3.63, 3.8) is 0 Å². The number of benzene rings is 2. The van der Waals surface area contributed by atoms with Crippen LogP contribution in [0.5, 0.6) is 0 Å². The summed E-state index contributed by atoms with van der Waals surface area (Å²) < 4.78 is 34.4. The predicted octanol–water partition coefficient (Wildman–Crippen LogP) is 3.44. The lowest BCUT2D eigenvalue weighted by Crippen LogP contribution is -2.55. The van der Waals surface area contributed by atoms with Crippen molar-refractivity contribution in [1.29, 1.82) is 0 Å². The molecule has 1 aliphatic rings. The summed E-state index contributed by atoms with van der Waals surface area (Å²) in [5, 5.41) is 39.9. The van der Waals surface area contributed by atoms with Crippen molar-refractivity contribution in [3.8, 4) is 10.4 Å². The Morgan fingerprint density at radius 1 is 0.969 bits per heavy atom. The number of aliphatic hydroxyl groups is 4. The van der Waals surface area contributed by atoms with Gasteiger partial charge in [0.05, 0.1) is 6.61 Å². The van der Waals surface area contributed by atoms with Gasteiger partial charge in [-0.25, -0.2) is 8.78 Å². The van der Waals surface area contributed by atoms with Crippen LogP contribution < -0.4 is 0 Å². The van der Waals surface area contributed by atoms with Crippen LogP contribution in [0, 0.1) is 12.7 Å². The highest BCUT2D eigenvalue weighted by Gasteiger charge is 2.44. The number of thiophene rings is 1. The van der Waals surface area contributed by atoms with Gasteiger partial charge in [0.15, 0.2) is 6.17 Å². The van der Waals surface area contributed by atoms with Gasteiger partial charge in [0.25, 0.3) is 0 Å². The van der Waals surface area contributed by atoms with Crippen molar-refractivity contribution in [2.75, 3.05) is 6.61 Å². The minimum Gasteiger partial charge on any atom is -0.394 e. The molecule has 0 aliphatic carbocycles.